The van der Waals surface area contributed by atoms with Crippen LogP contribution in [-0.2, 0) is 0 Å². The summed E-state index contributed by atoms with van der Waals surface area (Å²) in [6, 6.07) is 18.0. The van der Waals surface area contributed by atoms with Crippen LogP contribution in [0.1, 0.15) is 0 Å². The highest BCUT2D eigenvalue weighted by Crippen LogP contribution is 2.46. The fraction of sp³-hybridized carbons (Fsp3) is 0.0909. The Morgan fingerprint density at radius 1 is 0.605 bits per heavy atom. The van der Waals surface area contributed by atoms with Crippen LogP contribution in [-0.4, -0.2) is 36.6 Å². The maximum atomic E-state index is 13.4. The summed E-state index contributed by atoms with van der Waals surface area (Å²) in [7, 11) is 4.42. The van der Waals surface area contributed by atoms with Crippen LogP contribution in [0.15, 0.2) is 91.2 Å². The van der Waals surface area contributed by atoms with E-state index in [1.807, 2.05) is 0 Å². The average Bonchev–Trinajstić information content (AvgIpc) is 2.99. The van der Waals surface area contributed by atoms with Gasteiger partial charge in [0.1, 0.15) is 62.4 Å². The molecular weight excluding hydrogens is 556 g/mol. The first-order valence-corrected chi connectivity index (χ1v) is 12.9. The van der Waals surface area contributed by atoms with Gasteiger partial charge < -0.3 is 38.4 Å². The summed E-state index contributed by atoms with van der Waals surface area (Å²) < 4.78 is 28.7. The number of aromatic hydroxyl groups is 3. The number of benzene rings is 4. The maximum Gasteiger partial charge on any atom is 0.197 e. The first-order chi connectivity index (χ1) is 20.7. The number of fused-ring (bicyclic) bond motifs is 2. The lowest BCUT2D eigenvalue weighted by atomic mass is 9.96. The fourth-order valence-corrected chi connectivity index (χ4v) is 5.06. The second kappa shape index (κ2) is 10.5. The molecule has 0 saturated carbocycles. The fourth-order valence-electron chi connectivity index (χ4n) is 5.06. The molecule has 0 unspecified atom stereocenters. The summed E-state index contributed by atoms with van der Waals surface area (Å²) in [6.07, 6.45) is 0. The van der Waals surface area contributed by atoms with Crippen LogP contribution in [0.3, 0.4) is 0 Å². The van der Waals surface area contributed by atoms with Gasteiger partial charge in [0.2, 0.25) is 0 Å². The first kappa shape index (κ1) is 27.3. The Morgan fingerprint density at radius 2 is 1.23 bits per heavy atom. The van der Waals surface area contributed by atoms with Crippen molar-refractivity contribution >= 4 is 21.9 Å². The summed E-state index contributed by atoms with van der Waals surface area (Å²) in [5.41, 5.74) is 0.754. The minimum Gasteiger partial charge on any atom is -0.508 e. The van der Waals surface area contributed by atoms with Gasteiger partial charge in [-0.2, -0.15) is 0 Å². The minimum atomic E-state index is -0.520. The smallest absolute Gasteiger partial charge is 0.197 e. The lowest BCUT2D eigenvalue weighted by Crippen LogP contribution is -2.04. The van der Waals surface area contributed by atoms with Crippen molar-refractivity contribution in [1.29, 1.82) is 0 Å². The normalized spacial score (nSPS) is 11.1. The van der Waals surface area contributed by atoms with E-state index in [4.69, 9.17) is 23.0 Å². The maximum absolute atomic E-state index is 13.4. The van der Waals surface area contributed by atoms with Gasteiger partial charge in [-0.15, -0.1) is 0 Å². The topological polar surface area (TPSA) is 149 Å². The van der Waals surface area contributed by atoms with Crippen LogP contribution >= 0.6 is 0 Å². The lowest BCUT2D eigenvalue weighted by molar-refractivity contribution is 0.406. The van der Waals surface area contributed by atoms with Crippen molar-refractivity contribution < 1.29 is 38.4 Å². The molecule has 0 bridgehead atoms. The molecular formula is C33H24O10. The summed E-state index contributed by atoms with van der Waals surface area (Å²) in [6.45, 7) is 0. The van der Waals surface area contributed by atoms with Gasteiger partial charge in [0, 0.05) is 47.0 Å². The molecule has 0 radical (unpaired) electrons. The number of ether oxygens (including phenoxy) is 3. The number of phenolic OH excluding ortho intramolecular Hbond substituents is 3. The highest BCUT2D eigenvalue weighted by molar-refractivity contribution is 6.01. The van der Waals surface area contributed by atoms with Gasteiger partial charge in [-0.1, -0.05) is 0 Å². The highest BCUT2D eigenvalue weighted by atomic mass is 16.5. The van der Waals surface area contributed by atoms with Crippen molar-refractivity contribution in [3.63, 3.8) is 0 Å². The van der Waals surface area contributed by atoms with E-state index in [0.29, 0.717) is 33.8 Å². The molecule has 10 heteroatoms. The standard InChI is InChI=1S/C33H24O10/c1-39-19-7-4-16(5-8-19)26-14-23(37)32-24(38)15-28(41-3)30(33(32)43-26)20-10-17(6-9-25(20)40-2)27-13-22(36)31-21(35)11-18(34)12-29(31)42-27/h4-15,34-35,38H,1-3H3. The molecule has 43 heavy (non-hydrogen) atoms. The SMILES string of the molecule is COc1ccc(-c2cc(=O)c3c(O)cc(OC)c(-c4cc(-c5cc(=O)c6c(O)cc(O)cc6o5)ccc4OC)c3o2)cc1. The van der Waals surface area contributed by atoms with Crippen LogP contribution in [0, 0.1) is 0 Å². The van der Waals surface area contributed by atoms with Crippen molar-refractivity contribution in [2.75, 3.05) is 21.3 Å². The largest absolute Gasteiger partial charge is 0.508 e. The minimum absolute atomic E-state index is 0.0137. The van der Waals surface area contributed by atoms with E-state index in [2.05, 4.69) is 0 Å². The summed E-state index contributed by atoms with van der Waals surface area (Å²) in [5, 5.41) is 30.8. The number of hydrogen-bond donors (Lipinski definition) is 3. The molecule has 6 aromatic rings. The van der Waals surface area contributed by atoms with Crippen molar-refractivity contribution in [1.82, 2.24) is 0 Å². The van der Waals surface area contributed by atoms with E-state index in [-0.39, 0.29) is 50.7 Å². The lowest BCUT2D eigenvalue weighted by Gasteiger charge is -2.17. The summed E-state index contributed by atoms with van der Waals surface area (Å²) in [5.74, 6) is 0.533. The van der Waals surface area contributed by atoms with Gasteiger partial charge in [0.15, 0.2) is 16.4 Å². The molecule has 0 fully saturated rings. The molecule has 0 aliphatic rings. The number of methoxy groups -OCH3 is 3. The second-order valence-corrected chi connectivity index (χ2v) is 9.61. The van der Waals surface area contributed by atoms with E-state index in [1.54, 1.807) is 49.6 Å². The Morgan fingerprint density at radius 3 is 1.91 bits per heavy atom. The van der Waals surface area contributed by atoms with E-state index in [1.165, 1.54) is 38.5 Å². The van der Waals surface area contributed by atoms with Crippen molar-refractivity contribution in [3.8, 4) is 68.3 Å². The van der Waals surface area contributed by atoms with E-state index >= 15 is 0 Å². The first-order valence-electron chi connectivity index (χ1n) is 12.9. The third-order valence-corrected chi connectivity index (χ3v) is 7.09. The van der Waals surface area contributed by atoms with Crippen LogP contribution in [0.4, 0.5) is 0 Å². The third kappa shape index (κ3) is 4.64. The van der Waals surface area contributed by atoms with Crippen LogP contribution in [0.5, 0.6) is 34.5 Å². The molecule has 0 saturated heterocycles. The van der Waals surface area contributed by atoms with Gasteiger partial charge in [0.05, 0.1) is 26.9 Å². The zero-order valence-corrected chi connectivity index (χ0v) is 23.1. The molecule has 2 heterocycles. The molecule has 3 N–H and O–H groups in total. The summed E-state index contributed by atoms with van der Waals surface area (Å²) >= 11 is 0. The van der Waals surface area contributed by atoms with E-state index < -0.39 is 16.6 Å². The molecule has 6 rings (SSSR count). The molecule has 4 aromatic carbocycles. The van der Waals surface area contributed by atoms with Crippen molar-refractivity contribution in [2.24, 2.45) is 0 Å². The third-order valence-electron chi connectivity index (χ3n) is 7.09. The quantitative estimate of drug-likeness (QED) is 0.213. The Hall–Kier alpha value is -5.90. The molecule has 2 aromatic heterocycles. The van der Waals surface area contributed by atoms with E-state index in [9.17, 15) is 24.9 Å². The predicted octanol–water partition coefficient (Wildman–Crippen LogP) is 6.04. The monoisotopic (exact) mass is 580 g/mol. The second-order valence-electron chi connectivity index (χ2n) is 9.61. The molecule has 216 valence electrons. The van der Waals surface area contributed by atoms with Gasteiger partial charge in [-0.05, 0) is 42.5 Å². The van der Waals surface area contributed by atoms with Crippen LogP contribution < -0.4 is 25.1 Å². The van der Waals surface area contributed by atoms with Gasteiger partial charge >= 0.3 is 0 Å². The van der Waals surface area contributed by atoms with Crippen molar-refractivity contribution in [3.05, 3.63) is 93.2 Å². The van der Waals surface area contributed by atoms with Crippen molar-refractivity contribution in [2.45, 2.75) is 0 Å². The molecule has 10 nitrogen and oxygen atoms in total. The molecule has 0 aliphatic heterocycles. The van der Waals surface area contributed by atoms with Crippen LogP contribution in [0.25, 0.3) is 55.7 Å². The van der Waals surface area contributed by atoms with E-state index in [0.717, 1.165) is 6.07 Å². The van der Waals surface area contributed by atoms with Gasteiger partial charge in [-0.3, -0.25) is 9.59 Å². The Balaban J connectivity index is 1.63. The highest BCUT2D eigenvalue weighted by Gasteiger charge is 2.24. The molecule has 0 atom stereocenters. The van der Waals surface area contributed by atoms with Crippen LogP contribution in [0.2, 0.25) is 0 Å². The van der Waals surface area contributed by atoms with Gasteiger partial charge in [0.25, 0.3) is 0 Å². The molecule has 0 amide bonds. The zero-order chi connectivity index (χ0) is 30.4. The Kier molecular flexibility index (Phi) is 6.66. The number of hydrogen-bond acceptors (Lipinski definition) is 10. The Bertz CT molecular complexity index is 2160. The molecule has 0 aliphatic carbocycles. The predicted molar refractivity (Wildman–Crippen MR) is 159 cm³/mol. The number of phenols is 3. The average molecular weight is 581 g/mol. The Labute approximate surface area is 243 Å². The number of rotatable bonds is 6. The zero-order valence-electron chi connectivity index (χ0n) is 23.1. The molecule has 0 spiro atoms. The summed E-state index contributed by atoms with van der Waals surface area (Å²) in [4.78, 5) is 26.3. The van der Waals surface area contributed by atoms with Gasteiger partial charge in [-0.25, -0.2) is 0 Å².